The third-order valence-electron chi connectivity index (χ3n) is 3.30. The van der Waals surface area contributed by atoms with Gasteiger partial charge in [-0.05, 0) is 11.6 Å². The summed E-state index contributed by atoms with van der Waals surface area (Å²) in [6.45, 7) is 0. The van der Waals surface area contributed by atoms with Crippen LogP contribution in [-0.2, 0) is 0 Å². The van der Waals surface area contributed by atoms with Gasteiger partial charge in [-0.2, -0.15) is 0 Å². The van der Waals surface area contributed by atoms with E-state index in [1.807, 2.05) is 54.6 Å². The number of H-pyrrole nitrogens is 1. The van der Waals surface area contributed by atoms with Crippen molar-refractivity contribution in [1.29, 1.82) is 0 Å². The van der Waals surface area contributed by atoms with Gasteiger partial charge in [0.25, 0.3) is 0 Å². The average molecular weight is 250 g/mol. The average Bonchev–Trinajstić information content (AvgIpc) is 2.90. The minimum Gasteiger partial charge on any atom is -0.360 e. The van der Waals surface area contributed by atoms with Gasteiger partial charge in [0.1, 0.15) is 0 Å². The highest BCUT2D eigenvalue weighted by Gasteiger charge is 2.20. The number of Topliss-reactive ketones (excluding diaryl/α,β-unsaturated/α-hetero) is 1. The van der Waals surface area contributed by atoms with Crippen LogP contribution in [0.25, 0.3) is 10.9 Å². The minimum atomic E-state index is -0.625. The summed E-state index contributed by atoms with van der Waals surface area (Å²) in [4.78, 5) is 15.6. The predicted octanol–water partition coefficient (Wildman–Crippen LogP) is 3.05. The molecule has 0 spiro atoms. The van der Waals surface area contributed by atoms with Crippen LogP contribution in [0.3, 0.4) is 0 Å². The largest absolute Gasteiger partial charge is 0.360 e. The van der Waals surface area contributed by atoms with E-state index < -0.39 is 6.04 Å². The third kappa shape index (κ3) is 2.04. The highest BCUT2D eigenvalue weighted by molar-refractivity contribution is 6.10. The number of hydrogen-bond donors (Lipinski definition) is 2. The number of hydrogen-bond acceptors (Lipinski definition) is 2. The number of benzene rings is 2. The number of nitrogens with one attached hydrogen (secondary N) is 1. The SMILES string of the molecule is NC(C(=O)c1c[nH]c2ccccc12)c1ccccc1. The topological polar surface area (TPSA) is 58.9 Å². The van der Waals surface area contributed by atoms with Crippen LogP contribution in [0, 0.1) is 0 Å². The lowest BCUT2D eigenvalue weighted by Gasteiger charge is -2.10. The summed E-state index contributed by atoms with van der Waals surface area (Å²) in [5.74, 6) is -0.0661. The molecule has 3 heteroatoms. The summed E-state index contributed by atoms with van der Waals surface area (Å²) >= 11 is 0. The number of rotatable bonds is 3. The molecule has 0 amide bonds. The van der Waals surface area contributed by atoms with Gasteiger partial charge in [-0.1, -0.05) is 48.5 Å². The number of para-hydroxylation sites is 1. The number of aromatic nitrogens is 1. The molecular weight excluding hydrogens is 236 g/mol. The number of aromatic amines is 1. The van der Waals surface area contributed by atoms with Gasteiger partial charge in [0, 0.05) is 22.7 Å². The van der Waals surface area contributed by atoms with Crippen LogP contribution in [0.1, 0.15) is 22.0 Å². The molecule has 1 atom stereocenters. The Morgan fingerprint density at radius 2 is 1.68 bits per heavy atom. The Kier molecular flexibility index (Phi) is 2.89. The van der Waals surface area contributed by atoms with Crippen LogP contribution >= 0.6 is 0 Å². The predicted molar refractivity (Wildman–Crippen MR) is 76.0 cm³/mol. The Hall–Kier alpha value is -2.39. The van der Waals surface area contributed by atoms with Gasteiger partial charge in [-0.15, -0.1) is 0 Å². The summed E-state index contributed by atoms with van der Waals surface area (Å²) < 4.78 is 0. The molecule has 1 aromatic heterocycles. The van der Waals surface area contributed by atoms with Crippen molar-refractivity contribution < 1.29 is 4.79 Å². The molecule has 3 aromatic rings. The van der Waals surface area contributed by atoms with E-state index in [4.69, 9.17) is 5.73 Å². The van der Waals surface area contributed by atoms with E-state index >= 15 is 0 Å². The molecule has 1 heterocycles. The summed E-state index contributed by atoms with van der Waals surface area (Å²) in [6.07, 6.45) is 1.73. The Bertz CT molecular complexity index is 716. The number of ketones is 1. The fourth-order valence-corrected chi connectivity index (χ4v) is 2.25. The summed E-state index contributed by atoms with van der Waals surface area (Å²) in [6, 6.07) is 16.5. The van der Waals surface area contributed by atoms with Crippen molar-refractivity contribution in [3.63, 3.8) is 0 Å². The first-order valence-corrected chi connectivity index (χ1v) is 6.18. The second-order valence-corrected chi connectivity index (χ2v) is 4.50. The lowest BCUT2D eigenvalue weighted by Crippen LogP contribution is -2.21. The maximum Gasteiger partial charge on any atom is 0.186 e. The fourth-order valence-electron chi connectivity index (χ4n) is 2.25. The molecule has 2 aromatic carbocycles. The first-order valence-electron chi connectivity index (χ1n) is 6.18. The molecule has 3 nitrogen and oxygen atoms in total. The molecule has 3 rings (SSSR count). The summed E-state index contributed by atoms with van der Waals surface area (Å²) in [7, 11) is 0. The number of nitrogens with two attached hydrogens (primary N) is 1. The molecular formula is C16H14N2O. The van der Waals surface area contributed by atoms with Crippen molar-refractivity contribution in [3.05, 3.63) is 71.9 Å². The Balaban J connectivity index is 2.00. The van der Waals surface area contributed by atoms with Gasteiger partial charge in [-0.3, -0.25) is 4.79 Å². The van der Waals surface area contributed by atoms with Crippen molar-refractivity contribution in [2.45, 2.75) is 6.04 Å². The zero-order chi connectivity index (χ0) is 13.2. The monoisotopic (exact) mass is 250 g/mol. The van der Waals surface area contributed by atoms with E-state index in [-0.39, 0.29) is 5.78 Å². The van der Waals surface area contributed by atoms with Gasteiger partial charge in [0.15, 0.2) is 5.78 Å². The molecule has 0 fully saturated rings. The van der Waals surface area contributed by atoms with Crippen LogP contribution in [-0.4, -0.2) is 10.8 Å². The maximum absolute atomic E-state index is 12.5. The second kappa shape index (κ2) is 4.71. The summed E-state index contributed by atoms with van der Waals surface area (Å²) in [5.41, 5.74) is 8.48. The molecule has 0 radical (unpaired) electrons. The van der Waals surface area contributed by atoms with Crippen LogP contribution in [0.2, 0.25) is 0 Å². The molecule has 0 aliphatic carbocycles. The zero-order valence-corrected chi connectivity index (χ0v) is 10.3. The molecule has 0 aliphatic heterocycles. The molecule has 0 saturated carbocycles. The number of fused-ring (bicyclic) bond motifs is 1. The number of carbonyl (C=O) groups excluding carboxylic acids is 1. The molecule has 3 N–H and O–H groups in total. The highest BCUT2D eigenvalue weighted by Crippen LogP contribution is 2.23. The highest BCUT2D eigenvalue weighted by atomic mass is 16.1. The summed E-state index contributed by atoms with van der Waals surface area (Å²) in [5, 5.41) is 0.916. The van der Waals surface area contributed by atoms with Crippen molar-refractivity contribution in [2.24, 2.45) is 5.73 Å². The lowest BCUT2D eigenvalue weighted by atomic mass is 9.98. The Morgan fingerprint density at radius 1 is 1.00 bits per heavy atom. The Morgan fingerprint density at radius 3 is 2.47 bits per heavy atom. The van der Waals surface area contributed by atoms with Crippen molar-refractivity contribution in [1.82, 2.24) is 4.98 Å². The van der Waals surface area contributed by atoms with Gasteiger partial charge < -0.3 is 10.7 Å². The van der Waals surface area contributed by atoms with E-state index in [0.717, 1.165) is 16.5 Å². The maximum atomic E-state index is 12.5. The van der Waals surface area contributed by atoms with E-state index in [0.29, 0.717) is 5.56 Å². The van der Waals surface area contributed by atoms with Crippen LogP contribution < -0.4 is 5.73 Å². The second-order valence-electron chi connectivity index (χ2n) is 4.50. The van der Waals surface area contributed by atoms with E-state index in [1.54, 1.807) is 6.20 Å². The van der Waals surface area contributed by atoms with E-state index in [9.17, 15) is 4.79 Å². The van der Waals surface area contributed by atoms with Crippen molar-refractivity contribution in [2.75, 3.05) is 0 Å². The van der Waals surface area contributed by atoms with Gasteiger partial charge >= 0.3 is 0 Å². The van der Waals surface area contributed by atoms with E-state index in [2.05, 4.69) is 4.98 Å². The molecule has 94 valence electrons. The first kappa shape index (κ1) is 11.7. The third-order valence-corrected chi connectivity index (χ3v) is 3.30. The molecule has 0 aliphatic rings. The first-order chi connectivity index (χ1) is 9.27. The zero-order valence-electron chi connectivity index (χ0n) is 10.3. The fraction of sp³-hybridized carbons (Fsp3) is 0.0625. The number of carbonyl (C=O) groups is 1. The van der Waals surface area contributed by atoms with Crippen LogP contribution in [0.15, 0.2) is 60.8 Å². The molecule has 19 heavy (non-hydrogen) atoms. The van der Waals surface area contributed by atoms with E-state index in [1.165, 1.54) is 0 Å². The van der Waals surface area contributed by atoms with Gasteiger partial charge in [-0.25, -0.2) is 0 Å². The Labute approximate surface area is 111 Å². The van der Waals surface area contributed by atoms with Crippen LogP contribution in [0.4, 0.5) is 0 Å². The molecule has 1 unspecified atom stereocenters. The smallest absolute Gasteiger partial charge is 0.186 e. The standard InChI is InChI=1S/C16H14N2O/c17-15(11-6-2-1-3-7-11)16(19)13-10-18-14-9-5-4-8-12(13)14/h1-10,15,18H,17H2. The van der Waals surface area contributed by atoms with Gasteiger partial charge in [0.05, 0.1) is 6.04 Å². The quantitative estimate of drug-likeness (QED) is 0.702. The minimum absolute atomic E-state index is 0.0661. The normalized spacial score (nSPS) is 12.5. The van der Waals surface area contributed by atoms with Crippen molar-refractivity contribution >= 4 is 16.7 Å². The van der Waals surface area contributed by atoms with Crippen LogP contribution in [0.5, 0.6) is 0 Å². The van der Waals surface area contributed by atoms with Crippen molar-refractivity contribution in [3.8, 4) is 0 Å². The lowest BCUT2D eigenvalue weighted by molar-refractivity contribution is 0.0963. The van der Waals surface area contributed by atoms with Gasteiger partial charge in [0.2, 0.25) is 0 Å². The molecule has 0 bridgehead atoms. The molecule has 0 saturated heterocycles.